The molecule has 0 N–H and O–H groups in total. The summed E-state index contributed by atoms with van der Waals surface area (Å²) in [5.74, 6) is 0.734. The van der Waals surface area contributed by atoms with Gasteiger partial charge in [0.15, 0.2) is 0 Å². The van der Waals surface area contributed by atoms with E-state index in [1.54, 1.807) is 0 Å². The molecule has 1 rings (SSSR count). The number of benzene rings is 1. The number of hydrogen-bond donors (Lipinski definition) is 0. The van der Waals surface area contributed by atoms with Crippen LogP contribution in [0.1, 0.15) is 96.5 Å². The number of ether oxygens (including phenoxy) is 13. The quantitative estimate of drug-likeness (QED) is 0.0489. The van der Waals surface area contributed by atoms with Crippen LogP contribution in [0.3, 0.4) is 0 Å². The van der Waals surface area contributed by atoms with Gasteiger partial charge in [0, 0.05) is 6.42 Å². The fraction of sp³-hybridized carbons (Fsp3) is 0.848. The summed E-state index contributed by atoms with van der Waals surface area (Å²) in [6.07, 6.45) is 15.1. The van der Waals surface area contributed by atoms with Gasteiger partial charge in [0.25, 0.3) is 0 Å². The van der Waals surface area contributed by atoms with E-state index >= 15 is 0 Å². The zero-order chi connectivity index (χ0) is 42.9. The molecule has 1 aromatic carbocycles. The highest BCUT2D eigenvalue weighted by molar-refractivity contribution is 5.69. The van der Waals surface area contributed by atoms with Gasteiger partial charge in [-0.15, -0.1) is 0 Å². The van der Waals surface area contributed by atoms with Gasteiger partial charge >= 0.3 is 5.97 Å². The highest BCUT2D eigenvalue weighted by atomic mass is 16.6. The van der Waals surface area contributed by atoms with Gasteiger partial charge < -0.3 is 61.6 Å². The summed E-state index contributed by atoms with van der Waals surface area (Å²) in [7, 11) is 0. The van der Waals surface area contributed by atoms with E-state index in [4.69, 9.17) is 61.6 Å². The molecule has 0 atom stereocenters. The predicted molar refractivity (Wildman–Crippen MR) is 232 cm³/mol. The lowest BCUT2D eigenvalue weighted by molar-refractivity contribution is -0.145. The van der Waals surface area contributed by atoms with Crippen LogP contribution in [0.25, 0.3) is 0 Å². The lowest BCUT2D eigenvalue weighted by atomic mass is 10.0. The maximum absolute atomic E-state index is 11.6. The molecule has 0 unspecified atom stereocenters. The third kappa shape index (κ3) is 42.7. The van der Waals surface area contributed by atoms with Crippen LogP contribution in [-0.4, -0.2) is 165 Å². The molecule has 14 heteroatoms. The van der Waals surface area contributed by atoms with E-state index in [0.717, 1.165) is 25.0 Å². The first-order valence-corrected chi connectivity index (χ1v) is 23.0. The number of esters is 1. The Kier molecular flexibility index (Phi) is 44.9. The summed E-state index contributed by atoms with van der Waals surface area (Å²) in [6, 6.07) is 8.43. The third-order valence-corrected chi connectivity index (χ3v) is 8.93. The Morgan fingerprint density at radius 3 is 1.02 bits per heavy atom. The highest BCUT2D eigenvalue weighted by Crippen LogP contribution is 2.15. The van der Waals surface area contributed by atoms with Gasteiger partial charge in [-0.2, -0.15) is 0 Å². The number of rotatable bonds is 50. The van der Waals surface area contributed by atoms with Gasteiger partial charge in [-0.05, 0) is 37.0 Å². The molecule has 0 aliphatic carbocycles. The van der Waals surface area contributed by atoms with E-state index < -0.39 is 0 Å². The SMILES string of the molecule is CCCCCCCCc1ccc(OCCOCCOCCOCCOCCOCCOCCOCCOCCOCCOCCOCCOC(=O)CCCCCCC)cc1. The standard InChI is InChI=1S/C46H84O14/c1-3-5-7-9-11-12-14-44-16-18-45(19-17-44)59-42-40-57-38-36-55-34-32-53-30-28-51-26-24-49-22-20-48-21-23-50-25-27-52-29-31-54-33-35-56-37-39-58-41-43-60-46(47)15-13-10-8-6-4-2/h16-19H,3-15,20-43H2,1-2H3. The van der Waals surface area contributed by atoms with Crippen molar-refractivity contribution < 1.29 is 66.4 Å². The lowest BCUT2D eigenvalue weighted by Crippen LogP contribution is -2.16. The summed E-state index contributed by atoms with van der Waals surface area (Å²) < 4.78 is 71.6. The van der Waals surface area contributed by atoms with E-state index in [1.807, 2.05) is 12.1 Å². The van der Waals surface area contributed by atoms with Crippen LogP contribution >= 0.6 is 0 Å². The molecule has 0 bridgehead atoms. The zero-order valence-corrected chi connectivity index (χ0v) is 37.7. The fourth-order valence-electron chi connectivity index (χ4n) is 5.54. The summed E-state index contributed by atoms with van der Waals surface area (Å²) >= 11 is 0. The number of hydrogen-bond acceptors (Lipinski definition) is 14. The van der Waals surface area contributed by atoms with E-state index in [9.17, 15) is 4.79 Å². The minimum absolute atomic E-state index is 0.148. The number of carbonyl (C=O) groups is 1. The van der Waals surface area contributed by atoms with Crippen molar-refractivity contribution >= 4 is 5.97 Å². The summed E-state index contributed by atoms with van der Waals surface area (Å²) in [6.45, 7) is 16.1. The Bertz CT molecular complexity index is 986. The Hall–Kier alpha value is -1.95. The largest absolute Gasteiger partial charge is 0.491 e. The van der Waals surface area contributed by atoms with Crippen LogP contribution in [0.2, 0.25) is 0 Å². The van der Waals surface area contributed by atoms with E-state index in [0.29, 0.717) is 158 Å². The lowest BCUT2D eigenvalue weighted by Gasteiger charge is -2.09. The minimum atomic E-state index is -0.148. The molecule has 0 saturated heterocycles. The van der Waals surface area contributed by atoms with Gasteiger partial charge in [-0.3, -0.25) is 4.79 Å². The van der Waals surface area contributed by atoms with Crippen molar-refractivity contribution in [1.29, 1.82) is 0 Å². The van der Waals surface area contributed by atoms with Gasteiger partial charge in [0.2, 0.25) is 0 Å². The molecular formula is C46H84O14. The Balaban J connectivity index is 1.66. The number of aryl methyl sites for hydroxylation is 1. The Labute approximate surface area is 363 Å². The number of carbonyl (C=O) groups excluding carboxylic acids is 1. The first-order chi connectivity index (χ1) is 29.8. The van der Waals surface area contributed by atoms with Crippen molar-refractivity contribution in [3.8, 4) is 5.75 Å². The first-order valence-electron chi connectivity index (χ1n) is 23.0. The van der Waals surface area contributed by atoms with E-state index in [2.05, 4.69) is 26.0 Å². The smallest absolute Gasteiger partial charge is 0.305 e. The van der Waals surface area contributed by atoms with Crippen LogP contribution < -0.4 is 4.74 Å². The Morgan fingerprint density at radius 2 is 0.650 bits per heavy atom. The van der Waals surface area contributed by atoms with Gasteiger partial charge in [-0.1, -0.05) is 83.8 Å². The van der Waals surface area contributed by atoms with E-state index in [-0.39, 0.29) is 12.6 Å². The van der Waals surface area contributed by atoms with Gasteiger partial charge in [0.1, 0.15) is 19.0 Å². The monoisotopic (exact) mass is 861 g/mol. The zero-order valence-electron chi connectivity index (χ0n) is 37.7. The Morgan fingerprint density at radius 1 is 0.350 bits per heavy atom. The summed E-state index contributed by atoms with van der Waals surface area (Å²) in [5.41, 5.74) is 1.37. The van der Waals surface area contributed by atoms with Crippen LogP contribution in [0.5, 0.6) is 5.75 Å². The van der Waals surface area contributed by atoms with Crippen LogP contribution in [0, 0.1) is 0 Å². The second kappa shape index (κ2) is 48.1. The molecule has 0 spiro atoms. The first kappa shape index (κ1) is 56.1. The van der Waals surface area contributed by atoms with Crippen LogP contribution in [0.15, 0.2) is 24.3 Å². The van der Waals surface area contributed by atoms with Crippen molar-refractivity contribution in [3.05, 3.63) is 29.8 Å². The van der Waals surface area contributed by atoms with Crippen molar-refractivity contribution in [2.45, 2.75) is 97.3 Å². The highest BCUT2D eigenvalue weighted by Gasteiger charge is 2.03. The molecule has 0 radical (unpaired) electrons. The van der Waals surface area contributed by atoms with Crippen molar-refractivity contribution in [1.82, 2.24) is 0 Å². The fourth-order valence-corrected chi connectivity index (χ4v) is 5.54. The molecule has 0 heterocycles. The molecule has 0 fully saturated rings. The molecular weight excluding hydrogens is 776 g/mol. The van der Waals surface area contributed by atoms with Gasteiger partial charge in [-0.25, -0.2) is 0 Å². The molecule has 0 saturated carbocycles. The molecule has 0 aliphatic rings. The second-order valence-electron chi connectivity index (χ2n) is 14.1. The molecule has 0 aliphatic heterocycles. The second-order valence-corrected chi connectivity index (χ2v) is 14.1. The number of unbranched alkanes of at least 4 members (excludes halogenated alkanes) is 9. The average Bonchev–Trinajstić information content (AvgIpc) is 3.26. The van der Waals surface area contributed by atoms with Crippen molar-refractivity contribution in [2.75, 3.05) is 159 Å². The third-order valence-electron chi connectivity index (χ3n) is 8.93. The molecule has 0 aromatic heterocycles. The van der Waals surface area contributed by atoms with Crippen molar-refractivity contribution in [3.63, 3.8) is 0 Å². The maximum Gasteiger partial charge on any atom is 0.305 e. The topological polar surface area (TPSA) is 137 Å². The molecule has 0 amide bonds. The molecule has 60 heavy (non-hydrogen) atoms. The maximum atomic E-state index is 11.6. The van der Waals surface area contributed by atoms with Crippen molar-refractivity contribution in [2.24, 2.45) is 0 Å². The normalized spacial score (nSPS) is 11.4. The summed E-state index contributed by atoms with van der Waals surface area (Å²) in [5, 5.41) is 0. The van der Waals surface area contributed by atoms with Crippen LogP contribution in [0.4, 0.5) is 0 Å². The molecule has 352 valence electrons. The van der Waals surface area contributed by atoms with Crippen LogP contribution in [-0.2, 0) is 68.1 Å². The van der Waals surface area contributed by atoms with E-state index in [1.165, 1.54) is 63.4 Å². The minimum Gasteiger partial charge on any atom is -0.491 e. The summed E-state index contributed by atoms with van der Waals surface area (Å²) in [4.78, 5) is 11.6. The predicted octanol–water partition coefficient (Wildman–Crippen LogP) is 7.05. The average molecular weight is 861 g/mol. The molecule has 1 aromatic rings. The molecule has 14 nitrogen and oxygen atoms in total. The van der Waals surface area contributed by atoms with Gasteiger partial charge in [0.05, 0.1) is 145 Å².